The van der Waals surface area contributed by atoms with Gasteiger partial charge < -0.3 is 5.73 Å². The van der Waals surface area contributed by atoms with E-state index in [2.05, 4.69) is 20.7 Å². The van der Waals surface area contributed by atoms with Gasteiger partial charge in [-0.15, -0.1) is 0 Å². The van der Waals surface area contributed by atoms with Crippen LogP contribution >= 0.6 is 15.9 Å². The van der Waals surface area contributed by atoms with Crippen LogP contribution in [0.3, 0.4) is 0 Å². The number of benzene rings is 1. The number of nitrogens with one attached hydrogen (secondary N) is 1. The van der Waals surface area contributed by atoms with Gasteiger partial charge in [0.15, 0.2) is 0 Å². The number of nitrogen functional groups attached to an aromatic ring is 1. The molecule has 0 aromatic heterocycles. The number of hydrogen-bond acceptors (Lipinski definition) is 3. The first kappa shape index (κ1) is 15.5. The molecule has 0 fully saturated rings. The van der Waals surface area contributed by atoms with E-state index < -0.39 is 10.0 Å². The predicted octanol–water partition coefficient (Wildman–Crippen LogP) is 2.75. The van der Waals surface area contributed by atoms with Crippen LogP contribution in [-0.4, -0.2) is 15.0 Å². The van der Waals surface area contributed by atoms with E-state index in [-0.39, 0.29) is 10.3 Å². The average molecular weight is 335 g/mol. The highest BCUT2D eigenvalue weighted by Crippen LogP contribution is 2.24. The third-order valence-electron chi connectivity index (χ3n) is 2.98. The molecule has 18 heavy (non-hydrogen) atoms. The van der Waals surface area contributed by atoms with Gasteiger partial charge in [-0.3, -0.25) is 0 Å². The average Bonchev–Trinajstić information content (AvgIpc) is 2.30. The molecule has 0 aliphatic rings. The second-order valence-electron chi connectivity index (χ2n) is 5.03. The molecule has 1 rings (SSSR count). The summed E-state index contributed by atoms with van der Waals surface area (Å²) in [5.74, 6) is 0. The fourth-order valence-corrected chi connectivity index (χ4v) is 2.97. The third kappa shape index (κ3) is 3.96. The number of anilines is 1. The Bertz CT molecular complexity index is 527. The number of nitrogens with two attached hydrogens (primary N) is 1. The molecule has 6 heteroatoms. The molecule has 0 heterocycles. The van der Waals surface area contributed by atoms with E-state index in [0.717, 1.165) is 6.42 Å². The molecule has 0 atom stereocenters. The van der Waals surface area contributed by atoms with Crippen LogP contribution in [0.1, 0.15) is 27.2 Å². The van der Waals surface area contributed by atoms with Gasteiger partial charge in [-0.2, -0.15) is 0 Å². The summed E-state index contributed by atoms with van der Waals surface area (Å²) >= 11 is 3.23. The zero-order valence-electron chi connectivity index (χ0n) is 10.8. The summed E-state index contributed by atoms with van der Waals surface area (Å²) in [5, 5.41) is 0. The fourth-order valence-electron chi connectivity index (χ4n) is 1.17. The third-order valence-corrected chi connectivity index (χ3v) is 5.07. The van der Waals surface area contributed by atoms with E-state index in [4.69, 9.17) is 5.73 Å². The van der Waals surface area contributed by atoms with Crippen LogP contribution < -0.4 is 10.5 Å². The number of sulfonamides is 1. The minimum absolute atomic E-state index is 0.0574. The summed E-state index contributed by atoms with van der Waals surface area (Å²) < 4.78 is 27.4. The second kappa shape index (κ2) is 5.59. The van der Waals surface area contributed by atoms with Gasteiger partial charge in [-0.1, -0.05) is 20.8 Å². The van der Waals surface area contributed by atoms with Crippen LogP contribution in [0.2, 0.25) is 0 Å². The van der Waals surface area contributed by atoms with Gasteiger partial charge in [0.2, 0.25) is 10.0 Å². The van der Waals surface area contributed by atoms with Gasteiger partial charge in [0.05, 0.1) is 4.90 Å². The van der Waals surface area contributed by atoms with Crippen LogP contribution in [-0.2, 0) is 10.0 Å². The van der Waals surface area contributed by atoms with Crippen LogP contribution in [0.5, 0.6) is 0 Å². The van der Waals surface area contributed by atoms with Crippen LogP contribution in [0.15, 0.2) is 27.6 Å². The van der Waals surface area contributed by atoms with Crippen LogP contribution in [0.4, 0.5) is 5.69 Å². The summed E-state index contributed by atoms with van der Waals surface area (Å²) in [6.45, 7) is 6.49. The zero-order chi connectivity index (χ0) is 14.0. The molecule has 1 aromatic carbocycles. The smallest absolute Gasteiger partial charge is 0.240 e. The van der Waals surface area contributed by atoms with Gasteiger partial charge in [0, 0.05) is 16.7 Å². The zero-order valence-corrected chi connectivity index (χ0v) is 13.2. The quantitative estimate of drug-likeness (QED) is 0.813. The van der Waals surface area contributed by atoms with Crippen molar-refractivity contribution in [2.24, 2.45) is 5.41 Å². The maximum atomic E-state index is 12.1. The Morgan fingerprint density at radius 2 is 2.00 bits per heavy atom. The maximum Gasteiger partial charge on any atom is 0.240 e. The Morgan fingerprint density at radius 1 is 1.39 bits per heavy atom. The molecule has 1 aromatic rings. The molecule has 4 nitrogen and oxygen atoms in total. The first-order valence-electron chi connectivity index (χ1n) is 5.73. The molecule has 0 aliphatic carbocycles. The normalized spacial score (nSPS) is 12.7. The van der Waals surface area contributed by atoms with Crippen molar-refractivity contribution >= 4 is 31.6 Å². The second-order valence-corrected chi connectivity index (χ2v) is 7.65. The Morgan fingerprint density at radius 3 is 2.50 bits per heavy atom. The van der Waals surface area contributed by atoms with Crippen molar-refractivity contribution in [2.45, 2.75) is 32.1 Å². The Balaban J connectivity index is 2.90. The van der Waals surface area contributed by atoms with Gasteiger partial charge in [-0.25, -0.2) is 13.1 Å². The van der Waals surface area contributed by atoms with Crippen LogP contribution in [0.25, 0.3) is 0 Å². The lowest BCUT2D eigenvalue weighted by Gasteiger charge is -2.22. The number of hydrogen-bond donors (Lipinski definition) is 2. The van der Waals surface area contributed by atoms with E-state index in [1.54, 1.807) is 6.07 Å². The molecular formula is C12H19BrN2O2S. The van der Waals surface area contributed by atoms with E-state index in [1.165, 1.54) is 12.1 Å². The lowest BCUT2D eigenvalue weighted by molar-refractivity contribution is 0.350. The fraction of sp³-hybridized carbons (Fsp3) is 0.500. The highest BCUT2D eigenvalue weighted by atomic mass is 79.9. The van der Waals surface area contributed by atoms with Crippen molar-refractivity contribution in [1.82, 2.24) is 4.72 Å². The molecule has 3 N–H and O–H groups in total. The topological polar surface area (TPSA) is 72.2 Å². The first-order valence-corrected chi connectivity index (χ1v) is 8.00. The summed E-state index contributed by atoms with van der Waals surface area (Å²) in [6, 6.07) is 4.58. The van der Waals surface area contributed by atoms with Crippen molar-refractivity contribution in [2.75, 3.05) is 12.3 Å². The molecule has 0 unspecified atom stereocenters. The van der Waals surface area contributed by atoms with Gasteiger partial charge in [0.25, 0.3) is 0 Å². The highest BCUT2D eigenvalue weighted by molar-refractivity contribution is 9.10. The first-order chi connectivity index (χ1) is 8.18. The molecule has 0 radical (unpaired) electrons. The lowest BCUT2D eigenvalue weighted by atomic mass is 9.91. The van der Waals surface area contributed by atoms with Gasteiger partial charge in [-0.05, 0) is 46.0 Å². The monoisotopic (exact) mass is 334 g/mol. The predicted molar refractivity (Wildman–Crippen MR) is 77.8 cm³/mol. The molecule has 0 bridgehead atoms. The molecule has 102 valence electrons. The van der Waals surface area contributed by atoms with Crippen molar-refractivity contribution in [3.63, 3.8) is 0 Å². The van der Waals surface area contributed by atoms with E-state index in [9.17, 15) is 8.42 Å². The van der Waals surface area contributed by atoms with Crippen molar-refractivity contribution in [1.29, 1.82) is 0 Å². The number of halogens is 1. The SMILES string of the molecule is CCC(C)(C)CNS(=O)(=O)c1ccc(N)c(Br)c1. The van der Waals surface area contributed by atoms with Crippen LogP contribution in [0, 0.1) is 5.41 Å². The van der Waals surface area contributed by atoms with E-state index in [1.807, 2.05) is 20.8 Å². The summed E-state index contributed by atoms with van der Waals surface area (Å²) in [4.78, 5) is 0.218. The van der Waals surface area contributed by atoms with E-state index >= 15 is 0 Å². The van der Waals surface area contributed by atoms with Gasteiger partial charge in [0.1, 0.15) is 0 Å². The molecule has 0 spiro atoms. The van der Waals surface area contributed by atoms with Crippen molar-refractivity contribution < 1.29 is 8.42 Å². The minimum atomic E-state index is -3.48. The summed E-state index contributed by atoms with van der Waals surface area (Å²) in [5.41, 5.74) is 6.09. The molecule has 0 saturated heterocycles. The summed E-state index contributed by atoms with van der Waals surface area (Å²) in [6.07, 6.45) is 0.904. The summed E-state index contributed by atoms with van der Waals surface area (Å²) in [7, 11) is -3.48. The highest BCUT2D eigenvalue weighted by Gasteiger charge is 2.21. The Hall–Kier alpha value is -0.590. The van der Waals surface area contributed by atoms with Crippen molar-refractivity contribution in [3.05, 3.63) is 22.7 Å². The Kier molecular flexibility index (Phi) is 4.80. The van der Waals surface area contributed by atoms with Gasteiger partial charge >= 0.3 is 0 Å². The number of rotatable bonds is 5. The Labute approximate surface area is 117 Å². The molecule has 0 aliphatic heterocycles. The standard InChI is InChI=1S/C12H19BrN2O2S/c1-4-12(2,3)8-15-18(16,17)9-5-6-11(14)10(13)7-9/h5-7,15H,4,8,14H2,1-3H3. The molecular weight excluding hydrogens is 316 g/mol. The maximum absolute atomic E-state index is 12.1. The molecule has 0 amide bonds. The molecule has 0 saturated carbocycles. The minimum Gasteiger partial charge on any atom is -0.398 e. The van der Waals surface area contributed by atoms with Crippen molar-refractivity contribution in [3.8, 4) is 0 Å². The van der Waals surface area contributed by atoms with E-state index in [0.29, 0.717) is 16.7 Å². The lowest BCUT2D eigenvalue weighted by Crippen LogP contribution is -2.33. The largest absolute Gasteiger partial charge is 0.398 e.